The van der Waals surface area contributed by atoms with Crippen molar-refractivity contribution in [2.45, 2.75) is 25.8 Å². The van der Waals surface area contributed by atoms with Crippen molar-refractivity contribution in [3.05, 3.63) is 76.3 Å². The van der Waals surface area contributed by atoms with Crippen molar-refractivity contribution in [1.29, 1.82) is 0 Å². The molecule has 4 nitrogen and oxygen atoms in total. The second-order valence-corrected chi connectivity index (χ2v) is 5.72. The van der Waals surface area contributed by atoms with E-state index in [4.69, 9.17) is 10.7 Å². The zero-order chi connectivity index (χ0) is 16.2. The van der Waals surface area contributed by atoms with E-state index in [1.165, 1.54) is 0 Å². The first kappa shape index (κ1) is 15.4. The van der Waals surface area contributed by atoms with Crippen LogP contribution >= 0.6 is 0 Å². The van der Waals surface area contributed by atoms with Gasteiger partial charge in [0.25, 0.3) is 5.56 Å². The summed E-state index contributed by atoms with van der Waals surface area (Å²) in [6.07, 6.45) is 0.758. The minimum Gasteiger partial charge on any atom is -0.330 e. The standard InChI is InChI=1S/C19H21N3O/c1-14(15-8-3-2-4-9-15)18-21-17-11-6-5-10-16(17)19(23)22(18)13-7-12-20/h2-6,8-11,14H,7,12-13,20H2,1H3. The summed E-state index contributed by atoms with van der Waals surface area (Å²) in [5.74, 6) is 0.847. The van der Waals surface area contributed by atoms with Crippen LogP contribution in [-0.4, -0.2) is 16.1 Å². The van der Waals surface area contributed by atoms with Crippen LogP contribution in [0.2, 0.25) is 0 Å². The van der Waals surface area contributed by atoms with Crippen LogP contribution in [0.1, 0.15) is 30.7 Å². The Hall–Kier alpha value is -2.46. The van der Waals surface area contributed by atoms with E-state index >= 15 is 0 Å². The van der Waals surface area contributed by atoms with E-state index in [0.29, 0.717) is 18.5 Å². The summed E-state index contributed by atoms with van der Waals surface area (Å²) in [6.45, 7) is 3.24. The van der Waals surface area contributed by atoms with Crippen molar-refractivity contribution in [2.24, 2.45) is 5.73 Å². The first-order valence-corrected chi connectivity index (χ1v) is 7.97. The summed E-state index contributed by atoms with van der Waals surface area (Å²) in [5.41, 5.74) is 7.55. The van der Waals surface area contributed by atoms with Crippen molar-refractivity contribution >= 4 is 10.9 Å². The highest BCUT2D eigenvalue weighted by atomic mass is 16.1. The summed E-state index contributed by atoms with van der Waals surface area (Å²) in [4.78, 5) is 17.7. The molecule has 0 spiro atoms. The van der Waals surface area contributed by atoms with Gasteiger partial charge in [0.2, 0.25) is 0 Å². The molecule has 0 bridgehead atoms. The van der Waals surface area contributed by atoms with Crippen LogP contribution in [0.3, 0.4) is 0 Å². The predicted molar refractivity (Wildman–Crippen MR) is 93.6 cm³/mol. The van der Waals surface area contributed by atoms with Crippen LogP contribution in [0, 0.1) is 0 Å². The minimum atomic E-state index is 0.0156. The minimum absolute atomic E-state index is 0.0156. The molecule has 1 atom stereocenters. The molecule has 0 saturated heterocycles. The number of para-hydroxylation sites is 1. The molecule has 0 radical (unpaired) electrons. The van der Waals surface area contributed by atoms with E-state index < -0.39 is 0 Å². The van der Waals surface area contributed by atoms with Gasteiger partial charge < -0.3 is 5.73 Å². The first-order valence-electron chi connectivity index (χ1n) is 7.97. The molecule has 1 unspecified atom stereocenters. The number of nitrogens with zero attached hydrogens (tertiary/aromatic N) is 2. The van der Waals surface area contributed by atoms with Gasteiger partial charge in [0, 0.05) is 12.5 Å². The Morgan fingerprint density at radius 1 is 1.09 bits per heavy atom. The van der Waals surface area contributed by atoms with Gasteiger partial charge in [-0.25, -0.2) is 4.98 Å². The fourth-order valence-corrected chi connectivity index (χ4v) is 2.87. The molecule has 118 valence electrons. The Bertz CT molecular complexity index is 855. The van der Waals surface area contributed by atoms with Crippen molar-refractivity contribution in [2.75, 3.05) is 6.54 Å². The molecule has 2 aromatic carbocycles. The highest BCUT2D eigenvalue weighted by Crippen LogP contribution is 2.23. The quantitative estimate of drug-likeness (QED) is 0.788. The Morgan fingerprint density at radius 3 is 2.52 bits per heavy atom. The van der Waals surface area contributed by atoms with Gasteiger partial charge in [-0.1, -0.05) is 49.4 Å². The topological polar surface area (TPSA) is 60.9 Å². The fraction of sp³-hybridized carbons (Fsp3) is 0.263. The smallest absolute Gasteiger partial charge is 0.261 e. The molecule has 3 rings (SSSR count). The van der Waals surface area contributed by atoms with E-state index in [1.807, 2.05) is 42.5 Å². The molecule has 3 aromatic rings. The van der Waals surface area contributed by atoms with E-state index in [9.17, 15) is 4.79 Å². The van der Waals surface area contributed by atoms with Crippen molar-refractivity contribution in [1.82, 2.24) is 9.55 Å². The van der Waals surface area contributed by atoms with Crippen LogP contribution in [0.15, 0.2) is 59.4 Å². The van der Waals surface area contributed by atoms with Gasteiger partial charge in [-0.2, -0.15) is 0 Å². The number of fused-ring (bicyclic) bond motifs is 1. The van der Waals surface area contributed by atoms with Gasteiger partial charge in [0.15, 0.2) is 0 Å². The molecular formula is C19H21N3O. The number of aromatic nitrogens is 2. The molecule has 2 N–H and O–H groups in total. The Balaban J connectivity index is 2.19. The highest BCUT2D eigenvalue weighted by molar-refractivity contribution is 5.77. The van der Waals surface area contributed by atoms with E-state index in [0.717, 1.165) is 23.3 Å². The number of hydrogen-bond donors (Lipinski definition) is 1. The number of hydrogen-bond acceptors (Lipinski definition) is 3. The maximum atomic E-state index is 12.9. The Labute approximate surface area is 135 Å². The molecule has 0 aliphatic rings. The van der Waals surface area contributed by atoms with Gasteiger partial charge >= 0.3 is 0 Å². The van der Waals surface area contributed by atoms with Crippen molar-refractivity contribution < 1.29 is 0 Å². The maximum Gasteiger partial charge on any atom is 0.261 e. The zero-order valence-electron chi connectivity index (χ0n) is 13.3. The number of benzene rings is 2. The third-order valence-electron chi connectivity index (χ3n) is 4.16. The SMILES string of the molecule is CC(c1ccccc1)c1nc2ccccc2c(=O)n1CCCN. The molecule has 1 aromatic heterocycles. The second-order valence-electron chi connectivity index (χ2n) is 5.72. The number of rotatable bonds is 5. The van der Waals surface area contributed by atoms with Crippen LogP contribution in [0.25, 0.3) is 10.9 Å². The summed E-state index contributed by atoms with van der Waals surface area (Å²) in [6, 6.07) is 17.7. The van der Waals surface area contributed by atoms with Gasteiger partial charge in [-0.05, 0) is 30.7 Å². The summed E-state index contributed by atoms with van der Waals surface area (Å²) >= 11 is 0. The Morgan fingerprint density at radius 2 is 1.78 bits per heavy atom. The molecule has 1 heterocycles. The lowest BCUT2D eigenvalue weighted by molar-refractivity contribution is 0.575. The van der Waals surface area contributed by atoms with Crippen LogP contribution < -0.4 is 11.3 Å². The average Bonchev–Trinajstić information content (AvgIpc) is 2.61. The lowest BCUT2D eigenvalue weighted by Gasteiger charge is -2.18. The van der Waals surface area contributed by atoms with Crippen LogP contribution in [0.4, 0.5) is 0 Å². The Kier molecular flexibility index (Phi) is 4.53. The monoisotopic (exact) mass is 307 g/mol. The molecule has 0 amide bonds. The maximum absolute atomic E-state index is 12.9. The number of nitrogens with two attached hydrogens (primary N) is 1. The molecule has 0 saturated carbocycles. The van der Waals surface area contributed by atoms with Gasteiger partial charge in [-0.15, -0.1) is 0 Å². The van der Waals surface area contributed by atoms with Gasteiger partial charge in [0.1, 0.15) is 5.82 Å². The third-order valence-corrected chi connectivity index (χ3v) is 4.16. The fourth-order valence-electron chi connectivity index (χ4n) is 2.87. The van der Waals surface area contributed by atoms with Crippen molar-refractivity contribution in [3.63, 3.8) is 0 Å². The second kappa shape index (κ2) is 6.75. The lowest BCUT2D eigenvalue weighted by Crippen LogP contribution is -2.27. The molecule has 23 heavy (non-hydrogen) atoms. The summed E-state index contributed by atoms with van der Waals surface area (Å²) < 4.78 is 1.78. The van der Waals surface area contributed by atoms with Crippen LogP contribution in [-0.2, 0) is 6.54 Å². The predicted octanol–water partition coefficient (Wildman–Crippen LogP) is 2.90. The molecule has 4 heteroatoms. The average molecular weight is 307 g/mol. The zero-order valence-corrected chi connectivity index (χ0v) is 13.3. The molecular weight excluding hydrogens is 286 g/mol. The first-order chi connectivity index (χ1) is 11.2. The van der Waals surface area contributed by atoms with Gasteiger partial charge in [0.05, 0.1) is 10.9 Å². The third kappa shape index (κ3) is 3.03. The highest BCUT2D eigenvalue weighted by Gasteiger charge is 2.17. The summed E-state index contributed by atoms with van der Waals surface area (Å²) in [7, 11) is 0. The van der Waals surface area contributed by atoms with Crippen molar-refractivity contribution in [3.8, 4) is 0 Å². The normalized spacial score (nSPS) is 12.4. The van der Waals surface area contributed by atoms with E-state index in [1.54, 1.807) is 4.57 Å². The molecule has 0 fully saturated rings. The van der Waals surface area contributed by atoms with E-state index in [2.05, 4.69) is 19.1 Å². The largest absolute Gasteiger partial charge is 0.330 e. The van der Waals surface area contributed by atoms with E-state index in [-0.39, 0.29) is 11.5 Å². The molecule has 0 aliphatic carbocycles. The van der Waals surface area contributed by atoms with Crippen LogP contribution in [0.5, 0.6) is 0 Å². The molecule has 0 aliphatic heterocycles. The summed E-state index contributed by atoms with van der Waals surface area (Å²) in [5, 5.41) is 0.661. The van der Waals surface area contributed by atoms with Gasteiger partial charge in [-0.3, -0.25) is 9.36 Å². The lowest BCUT2D eigenvalue weighted by atomic mass is 10.00.